The Morgan fingerprint density at radius 3 is 2.18 bits per heavy atom. The second-order valence-electron chi connectivity index (χ2n) is 7.43. The summed E-state index contributed by atoms with van der Waals surface area (Å²) in [6.45, 7) is 7.54. The van der Waals surface area contributed by atoms with E-state index in [1.807, 2.05) is 6.92 Å². The van der Waals surface area contributed by atoms with Crippen LogP contribution in [0.15, 0.2) is 46.5 Å². The first-order valence-corrected chi connectivity index (χ1v) is 12.2. The first-order chi connectivity index (χ1) is 13.1. The summed E-state index contributed by atoms with van der Waals surface area (Å²) in [5.41, 5.74) is 0.295. The van der Waals surface area contributed by atoms with E-state index in [1.165, 1.54) is 45.6 Å². The molecule has 1 N–H and O–H groups in total. The first kappa shape index (κ1) is 20.8. The maximum atomic E-state index is 12.9. The predicted octanol–water partition coefficient (Wildman–Crippen LogP) is 2.37. The van der Waals surface area contributed by atoms with E-state index in [0.29, 0.717) is 37.2 Å². The molecular weight excluding hydrogens is 400 g/mol. The van der Waals surface area contributed by atoms with Crippen LogP contribution in [0.1, 0.15) is 27.2 Å². The van der Waals surface area contributed by atoms with Crippen LogP contribution >= 0.6 is 0 Å². The van der Waals surface area contributed by atoms with Gasteiger partial charge in [-0.05, 0) is 49.4 Å². The Hall–Kier alpha value is -1.91. The van der Waals surface area contributed by atoms with Gasteiger partial charge in [0.25, 0.3) is 10.0 Å². The minimum absolute atomic E-state index is 0.0577. The number of anilines is 1. The first-order valence-electron chi connectivity index (χ1n) is 9.27. The van der Waals surface area contributed by atoms with Crippen molar-refractivity contribution in [1.29, 1.82) is 0 Å². The Morgan fingerprint density at radius 1 is 1.04 bits per heavy atom. The molecule has 10 heteroatoms. The highest BCUT2D eigenvalue weighted by molar-refractivity contribution is 7.92. The summed E-state index contributed by atoms with van der Waals surface area (Å²) in [7, 11) is -7.38. The standard InChI is InChI=1S/C18H26N4O4S2/c1-4-21-13-18(10-19-21)27(23,24)20-16-5-7-17(8-6-16)28(25,26)22-11-14(2)9-15(3)12-22/h5-8,10,13-15,20H,4,9,11-12H2,1-3H3. The van der Waals surface area contributed by atoms with Crippen molar-refractivity contribution >= 4 is 25.7 Å². The van der Waals surface area contributed by atoms with Gasteiger partial charge in [0.15, 0.2) is 0 Å². The summed E-state index contributed by atoms with van der Waals surface area (Å²) in [5, 5.41) is 3.97. The molecule has 0 spiro atoms. The fourth-order valence-corrected chi connectivity index (χ4v) is 6.21. The summed E-state index contributed by atoms with van der Waals surface area (Å²) >= 11 is 0. The molecule has 1 aliphatic rings. The van der Waals surface area contributed by atoms with Crippen LogP contribution in [0.25, 0.3) is 0 Å². The normalized spacial score (nSPS) is 21.5. The van der Waals surface area contributed by atoms with Crippen LogP contribution in [0.2, 0.25) is 0 Å². The maximum Gasteiger partial charge on any atom is 0.265 e. The van der Waals surface area contributed by atoms with Gasteiger partial charge in [-0.2, -0.15) is 9.40 Å². The molecule has 2 atom stereocenters. The van der Waals surface area contributed by atoms with Gasteiger partial charge in [0.2, 0.25) is 10.0 Å². The number of sulfonamides is 2. The lowest BCUT2D eigenvalue weighted by atomic mass is 9.94. The second-order valence-corrected chi connectivity index (χ2v) is 11.1. The maximum absolute atomic E-state index is 12.9. The molecule has 2 unspecified atom stereocenters. The highest BCUT2D eigenvalue weighted by Crippen LogP contribution is 2.27. The number of nitrogens with one attached hydrogen (secondary N) is 1. The highest BCUT2D eigenvalue weighted by Gasteiger charge is 2.31. The van der Waals surface area contributed by atoms with E-state index >= 15 is 0 Å². The average Bonchev–Trinajstić information content (AvgIpc) is 3.11. The third-order valence-corrected chi connectivity index (χ3v) is 8.01. The van der Waals surface area contributed by atoms with Crippen LogP contribution in [0.3, 0.4) is 0 Å². The number of hydrogen-bond donors (Lipinski definition) is 1. The second kappa shape index (κ2) is 7.84. The molecule has 0 radical (unpaired) electrons. The SMILES string of the molecule is CCn1cc(S(=O)(=O)Nc2ccc(S(=O)(=O)N3CC(C)CC(C)C3)cc2)cn1. The van der Waals surface area contributed by atoms with Crippen LogP contribution in [0.5, 0.6) is 0 Å². The molecule has 1 fully saturated rings. The molecule has 1 aromatic heterocycles. The van der Waals surface area contributed by atoms with Crippen molar-refractivity contribution < 1.29 is 16.8 Å². The Morgan fingerprint density at radius 2 is 1.64 bits per heavy atom. The average molecular weight is 427 g/mol. The number of benzene rings is 1. The molecule has 0 aliphatic carbocycles. The zero-order chi connectivity index (χ0) is 20.5. The van der Waals surface area contributed by atoms with Crippen LogP contribution < -0.4 is 4.72 Å². The molecule has 1 saturated heterocycles. The van der Waals surface area contributed by atoms with Gasteiger partial charge >= 0.3 is 0 Å². The zero-order valence-electron chi connectivity index (χ0n) is 16.2. The van der Waals surface area contributed by atoms with E-state index < -0.39 is 20.0 Å². The number of hydrogen-bond acceptors (Lipinski definition) is 5. The molecule has 2 aromatic rings. The molecule has 154 valence electrons. The van der Waals surface area contributed by atoms with Crippen molar-refractivity contribution in [3.8, 4) is 0 Å². The van der Waals surface area contributed by atoms with Gasteiger partial charge in [0.1, 0.15) is 4.90 Å². The third kappa shape index (κ3) is 4.39. The Bertz CT molecular complexity index is 1020. The molecule has 0 bridgehead atoms. The van der Waals surface area contributed by atoms with Crippen LogP contribution in [-0.2, 0) is 26.6 Å². The molecule has 0 saturated carbocycles. The van der Waals surface area contributed by atoms with Gasteiger partial charge in [-0.25, -0.2) is 16.8 Å². The van der Waals surface area contributed by atoms with E-state index in [4.69, 9.17) is 0 Å². The Balaban J connectivity index is 1.77. The van der Waals surface area contributed by atoms with Crippen molar-refractivity contribution in [2.45, 2.75) is 43.5 Å². The fourth-order valence-electron chi connectivity index (χ4n) is 3.52. The van der Waals surface area contributed by atoms with Crippen molar-refractivity contribution in [3.63, 3.8) is 0 Å². The van der Waals surface area contributed by atoms with Gasteiger partial charge in [-0.1, -0.05) is 13.8 Å². The number of aromatic nitrogens is 2. The Labute approximate surface area is 166 Å². The largest absolute Gasteiger partial charge is 0.280 e. The van der Waals surface area contributed by atoms with Gasteiger partial charge < -0.3 is 0 Å². The van der Waals surface area contributed by atoms with E-state index in [0.717, 1.165) is 6.42 Å². The lowest BCUT2D eigenvalue weighted by Gasteiger charge is -2.34. The lowest BCUT2D eigenvalue weighted by Crippen LogP contribution is -2.42. The minimum Gasteiger partial charge on any atom is -0.280 e. The molecule has 28 heavy (non-hydrogen) atoms. The van der Waals surface area contributed by atoms with Crippen molar-refractivity contribution in [1.82, 2.24) is 14.1 Å². The summed E-state index contributed by atoms with van der Waals surface area (Å²) in [6, 6.07) is 5.80. The number of nitrogens with zero attached hydrogens (tertiary/aromatic N) is 3. The number of piperidine rings is 1. The molecular formula is C18H26N4O4S2. The van der Waals surface area contributed by atoms with Crippen molar-refractivity contribution in [3.05, 3.63) is 36.7 Å². The molecule has 8 nitrogen and oxygen atoms in total. The third-order valence-electron chi connectivity index (χ3n) is 4.82. The highest BCUT2D eigenvalue weighted by atomic mass is 32.2. The van der Waals surface area contributed by atoms with Gasteiger partial charge in [0.05, 0.1) is 11.1 Å². The monoisotopic (exact) mass is 426 g/mol. The van der Waals surface area contributed by atoms with Gasteiger partial charge in [-0.3, -0.25) is 9.40 Å². The summed E-state index contributed by atoms with van der Waals surface area (Å²) in [5.74, 6) is 0.627. The molecule has 1 aliphatic heterocycles. The smallest absolute Gasteiger partial charge is 0.265 e. The van der Waals surface area contributed by atoms with Crippen LogP contribution in [-0.4, -0.2) is 44.0 Å². The molecule has 0 amide bonds. The molecule has 2 heterocycles. The zero-order valence-corrected chi connectivity index (χ0v) is 17.9. The summed E-state index contributed by atoms with van der Waals surface area (Å²) in [4.78, 5) is 0.220. The number of aryl methyl sites for hydroxylation is 1. The quantitative estimate of drug-likeness (QED) is 0.764. The Kier molecular flexibility index (Phi) is 5.83. The predicted molar refractivity (Wildman–Crippen MR) is 107 cm³/mol. The lowest BCUT2D eigenvalue weighted by molar-refractivity contribution is 0.222. The van der Waals surface area contributed by atoms with Crippen LogP contribution in [0, 0.1) is 11.8 Å². The van der Waals surface area contributed by atoms with E-state index in [-0.39, 0.29) is 9.79 Å². The minimum atomic E-state index is -3.78. The van der Waals surface area contributed by atoms with Gasteiger partial charge in [-0.15, -0.1) is 0 Å². The number of rotatable bonds is 6. The van der Waals surface area contributed by atoms with Crippen LogP contribution in [0.4, 0.5) is 5.69 Å². The molecule has 1 aromatic carbocycles. The molecule has 3 rings (SSSR count). The van der Waals surface area contributed by atoms with Crippen molar-refractivity contribution in [2.24, 2.45) is 11.8 Å². The topological polar surface area (TPSA) is 101 Å². The summed E-state index contributed by atoms with van der Waals surface area (Å²) < 4.78 is 56.2. The van der Waals surface area contributed by atoms with Gasteiger partial charge in [0, 0.05) is 31.5 Å². The summed E-state index contributed by atoms with van der Waals surface area (Å²) in [6.07, 6.45) is 3.74. The van der Waals surface area contributed by atoms with E-state index in [2.05, 4.69) is 23.7 Å². The van der Waals surface area contributed by atoms with E-state index in [1.54, 1.807) is 0 Å². The van der Waals surface area contributed by atoms with Crippen molar-refractivity contribution in [2.75, 3.05) is 17.8 Å². The van der Waals surface area contributed by atoms with E-state index in [9.17, 15) is 16.8 Å². The fraction of sp³-hybridized carbons (Fsp3) is 0.500.